The number of para-hydroxylation sites is 4. The van der Waals surface area contributed by atoms with Gasteiger partial charge in [0, 0.05) is 38.6 Å². The maximum atomic E-state index is 6.23. The zero-order chi connectivity index (χ0) is 29.7. The fraction of sp³-hybridized carbons (Fsp3) is 0. The van der Waals surface area contributed by atoms with Gasteiger partial charge in [-0.05, 0) is 71.8 Å². The van der Waals surface area contributed by atoms with Crippen LogP contribution in [0.2, 0.25) is 0 Å². The van der Waals surface area contributed by atoms with Gasteiger partial charge in [0.2, 0.25) is 0 Å². The summed E-state index contributed by atoms with van der Waals surface area (Å²) in [6.07, 6.45) is 0. The Kier molecular flexibility index (Phi) is 5.82. The molecule has 2 heterocycles. The van der Waals surface area contributed by atoms with Gasteiger partial charge < -0.3 is 13.9 Å². The lowest BCUT2D eigenvalue weighted by atomic mass is 9.98. The smallest absolute Gasteiger partial charge is 0.135 e. The maximum Gasteiger partial charge on any atom is 0.135 e. The second kappa shape index (κ2) is 10.3. The van der Waals surface area contributed by atoms with Crippen LogP contribution in [0.25, 0.3) is 60.6 Å². The topological polar surface area (TPSA) is 21.3 Å². The Bertz CT molecular complexity index is 2470. The Labute approximate surface area is 260 Å². The molecule has 0 bridgehead atoms. The summed E-state index contributed by atoms with van der Waals surface area (Å²) in [7, 11) is 0. The minimum atomic E-state index is 0.885. The van der Waals surface area contributed by atoms with E-state index in [9.17, 15) is 0 Å². The number of furan rings is 1. The Hall–Kier alpha value is -6.06. The van der Waals surface area contributed by atoms with E-state index >= 15 is 0 Å². The van der Waals surface area contributed by atoms with Gasteiger partial charge in [0.1, 0.15) is 11.2 Å². The van der Waals surface area contributed by atoms with Gasteiger partial charge in [0.05, 0.1) is 16.7 Å². The molecule has 3 heteroatoms. The van der Waals surface area contributed by atoms with Crippen molar-refractivity contribution in [1.82, 2.24) is 4.57 Å². The Morgan fingerprint density at radius 3 is 1.91 bits per heavy atom. The number of benzene rings is 7. The Morgan fingerprint density at radius 2 is 1.11 bits per heavy atom. The lowest BCUT2D eigenvalue weighted by Crippen LogP contribution is -2.11. The summed E-state index contributed by atoms with van der Waals surface area (Å²) in [5.41, 5.74) is 10.9. The lowest BCUT2D eigenvalue weighted by molar-refractivity contribution is 0.669. The standard InChI is InChI=1S/C42H28N2O/c1-4-14-29(15-5-1)33-25-26-38(42-41(33)35-21-10-12-22-37(35)44(42)31-18-8-3-9-19-31)43(30-16-6-2-7-17-30)32-24-27-40-36(28-32)34-20-11-13-23-39(34)45-40/h1-28H. The molecule has 0 aliphatic rings. The molecule has 9 rings (SSSR count). The molecule has 0 atom stereocenters. The van der Waals surface area contributed by atoms with Crippen LogP contribution in [-0.4, -0.2) is 4.57 Å². The van der Waals surface area contributed by atoms with Crippen molar-refractivity contribution in [2.24, 2.45) is 0 Å². The average molecular weight is 577 g/mol. The van der Waals surface area contributed by atoms with E-state index in [2.05, 4.69) is 167 Å². The SMILES string of the molecule is c1ccc(-c2ccc(N(c3ccccc3)c3ccc4oc5ccccc5c4c3)c3c2c2ccccc2n3-c2ccccc2)cc1. The van der Waals surface area contributed by atoms with Crippen LogP contribution in [0.1, 0.15) is 0 Å². The summed E-state index contributed by atoms with van der Waals surface area (Å²) < 4.78 is 8.65. The monoisotopic (exact) mass is 576 g/mol. The van der Waals surface area contributed by atoms with E-state index in [-0.39, 0.29) is 0 Å². The summed E-state index contributed by atoms with van der Waals surface area (Å²) in [4.78, 5) is 2.39. The van der Waals surface area contributed by atoms with Crippen LogP contribution in [0.5, 0.6) is 0 Å². The van der Waals surface area contributed by atoms with Gasteiger partial charge in [0.25, 0.3) is 0 Å². The zero-order valence-corrected chi connectivity index (χ0v) is 24.5. The molecule has 0 saturated heterocycles. The largest absolute Gasteiger partial charge is 0.456 e. The van der Waals surface area contributed by atoms with Crippen LogP contribution in [0.15, 0.2) is 174 Å². The fourth-order valence-corrected chi connectivity index (χ4v) is 6.82. The molecule has 7 aromatic carbocycles. The molecule has 0 aliphatic heterocycles. The van der Waals surface area contributed by atoms with Crippen molar-refractivity contribution < 1.29 is 4.42 Å². The Balaban J connectivity index is 1.43. The first-order valence-electron chi connectivity index (χ1n) is 15.3. The quantitative estimate of drug-likeness (QED) is 0.203. The van der Waals surface area contributed by atoms with Crippen molar-refractivity contribution in [3.8, 4) is 16.8 Å². The van der Waals surface area contributed by atoms with Crippen molar-refractivity contribution in [3.63, 3.8) is 0 Å². The Morgan fingerprint density at radius 1 is 0.467 bits per heavy atom. The highest BCUT2D eigenvalue weighted by atomic mass is 16.3. The normalized spacial score (nSPS) is 11.6. The summed E-state index contributed by atoms with van der Waals surface area (Å²) >= 11 is 0. The van der Waals surface area contributed by atoms with Crippen molar-refractivity contribution in [1.29, 1.82) is 0 Å². The molecular weight excluding hydrogens is 548 g/mol. The highest BCUT2D eigenvalue weighted by Gasteiger charge is 2.24. The number of aromatic nitrogens is 1. The number of hydrogen-bond acceptors (Lipinski definition) is 2. The third-order valence-corrected chi connectivity index (χ3v) is 8.77. The second-order valence-corrected chi connectivity index (χ2v) is 11.4. The van der Waals surface area contributed by atoms with Crippen LogP contribution >= 0.6 is 0 Å². The van der Waals surface area contributed by atoms with Crippen LogP contribution in [0.3, 0.4) is 0 Å². The molecular formula is C42H28N2O. The predicted octanol–water partition coefficient (Wildman–Crippen LogP) is 11.8. The van der Waals surface area contributed by atoms with Gasteiger partial charge in [-0.3, -0.25) is 0 Å². The van der Waals surface area contributed by atoms with Gasteiger partial charge in [-0.25, -0.2) is 0 Å². The van der Waals surface area contributed by atoms with E-state index < -0.39 is 0 Å². The third-order valence-electron chi connectivity index (χ3n) is 8.77. The van der Waals surface area contributed by atoms with E-state index in [0.717, 1.165) is 50.2 Å². The first-order chi connectivity index (χ1) is 22.3. The van der Waals surface area contributed by atoms with E-state index in [4.69, 9.17) is 4.42 Å². The number of anilines is 3. The molecule has 0 amide bonds. The van der Waals surface area contributed by atoms with Crippen molar-refractivity contribution in [3.05, 3.63) is 170 Å². The highest BCUT2D eigenvalue weighted by Crippen LogP contribution is 2.47. The second-order valence-electron chi connectivity index (χ2n) is 11.4. The van der Waals surface area contributed by atoms with Gasteiger partial charge in [-0.1, -0.05) is 109 Å². The third kappa shape index (κ3) is 4.05. The van der Waals surface area contributed by atoms with E-state index in [1.165, 1.54) is 27.4 Å². The first-order valence-corrected chi connectivity index (χ1v) is 15.3. The maximum absolute atomic E-state index is 6.23. The van der Waals surface area contributed by atoms with Crippen LogP contribution in [0, 0.1) is 0 Å². The van der Waals surface area contributed by atoms with Crippen molar-refractivity contribution in [2.75, 3.05) is 4.90 Å². The predicted molar refractivity (Wildman–Crippen MR) is 188 cm³/mol. The molecule has 3 nitrogen and oxygen atoms in total. The van der Waals surface area contributed by atoms with Crippen molar-refractivity contribution in [2.45, 2.75) is 0 Å². The zero-order valence-electron chi connectivity index (χ0n) is 24.5. The lowest BCUT2D eigenvalue weighted by Gasteiger charge is -2.27. The molecule has 2 aromatic heterocycles. The minimum absolute atomic E-state index is 0.885. The fourth-order valence-electron chi connectivity index (χ4n) is 6.82. The molecule has 0 fully saturated rings. The van der Waals surface area contributed by atoms with E-state index in [1.807, 2.05) is 12.1 Å². The molecule has 212 valence electrons. The molecule has 0 unspecified atom stereocenters. The molecule has 0 saturated carbocycles. The number of rotatable bonds is 5. The van der Waals surface area contributed by atoms with Crippen LogP contribution < -0.4 is 4.90 Å². The number of fused-ring (bicyclic) bond motifs is 6. The molecule has 45 heavy (non-hydrogen) atoms. The van der Waals surface area contributed by atoms with Gasteiger partial charge in [-0.2, -0.15) is 0 Å². The molecule has 0 aliphatic carbocycles. The van der Waals surface area contributed by atoms with Crippen LogP contribution in [0.4, 0.5) is 17.1 Å². The number of nitrogens with zero attached hydrogens (tertiary/aromatic N) is 2. The summed E-state index contributed by atoms with van der Waals surface area (Å²) in [5.74, 6) is 0. The molecule has 0 N–H and O–H groups in total. The van der Waals surface area contributed by atoms with Crippen molar-refractivity contribution >= 4 is 60.8 Å². The first kappa shape index (κ1) is 25.4. The van der Waals surface area contributed by atoms with Gasteiger partial charge in [-0.15, -0.1) is 0 Å². The molecule has 0 radical (unpaired) electrons. The highest BCUT2D eigenvalue weighted by molar-refractivity contribution is 6.20. The van der Waals surface area contributed by atoms with E-state index in [1.54, 1.807) is 0 Å². The summed E-state index contributed by atoms with van der Waals surface area (Å²) in [6.45, 7) is 0. The van der Waals surface area contributed by atoms with Gasteiger partial charge in [0.15, 0.2) is 0 Å². The van der Waals surface area contributed by atoms with E-state index in [0.29, 0.717) is 0 Å². The average Bonchev–Trinajstić information content (AvgIpc) is 3.66. The van der Waals surface area contributed by atoms with Gasteiger partial charge >= 0.3 is 0 Å². The minimum Gasteiger partial charge on any atom is -0.456 e. The summed E-state index contributed by atoms with van der Waals surface area (Å²) in [6, 6.07) is 60.2. The van der Waals surface area contributed by atoms with Crippen LogP contribution in [-0.2, 0) is 0 Å². The molecule has 0 spiro atoms. The molecule has 9 aromatic rings. The number of hydrogen-bond donors (Lipinski definition) is 0. The summed E-state index contributed by atoms with van der Waals surface area (Å²) in [5, 5.41) is 4.67.